The Balaban J connectivity index is 1.74. The number of ether oxygens (including phenoxy) is 1. The van der Waals surface area contributed by atoms with Gasteiger partial charge in [-0.2, -0.15) is 0 Å². The summed E-state index contributed by atoms with van der Waals surface area (Å²) in [7, 11) is -3.58. The van der Waals surface area contributed by atoms with Crippen LogP contribution in [-0.2, 0) is 27.7 Å². The number of carbonyl (C=O) groups excluding carboxylic acids is 1. The van der Waals surface area contributed by atoms with Crippen molar-refractivity contribution in [2.45, 2.75) is 31.6 Å². The van der Waals surface area contributed by atoms with Gasteiger partial charge in [-0.25, -0.2) is 13.1 Å². The molecule has 2 N–H and O–H groups in total. The average Bonchev–Trinajstić information content (AvgIpc) is 2.70. The maximum atomic E-state index is 12.2. The molecule has 7 heteroatoms. The van der Waals surface area contributed by atoms with Crippen LogP contribution < -0.4 is 14.8 Å². The molecule has 0 bridgehead atoms. The number of rotatable bonds is 10. The lowest BCUT2D eigenvalue weighted by molar-refractivity contribution is -0.123. The van der Waals surface area contributed by atoms with Gasteiger partial charge in [-0.3, -0.25) is 4.79 Å². The third-order valence-electron chi connectivity index (χ3n) is 4.09. The Hall–Kier alpha value is -2.38. The Kier molecular flexibility index (Phi) is 7.82. The first-order valence-electron chi connectivity index (χ1n) is 9.02. The van der Waals surface area contributed by atoms with Crippen molar-refractivity contribution in [2.24, 2.45) is 0 Å². The second-order valence-electron chi connectivity index (χ2n) is 6.00. The fraction of sp³-hybridized carbons (Fsp3) is 0.350. The minimum atomic E-state index is -3.58. The van der Waals surface area contributed by atoms with Crippen LogP contribution in [0.4, 0.5) is 0 Å². The highest BCUT2D eigenvalue weighted by Gasteiger charge is 2.13. The Bertz CT molecular complexity index is 849. The SMILES string of the molecule is CCc1ccc(S(=O)(=O)NCCNC(=O)COc2ccccc2CC)cc1. The van der Waals surface area contributed by atoms with E-state index < -0.39 is 10.0 Å². The molecule has 0 atom stereocenters. The second kappa shape index (κ2) is 10.1. The Morgan fingerprint density at radius 1 is 0.963 bits per heavy atom. The first kappa shape index (κ1) is 20.9. The summed E-state index contributed by atoms with van der Waals surface area (Å²) in [5, 5.41) is 2.64. The van der Waals surface area contributed by atoms with Gasteiger partial charge in [0.05, 0.1) is 4.90 Å². The molecule has 0 fully saturated rings. The number of para-hydroxylation sites is 1. The highest BCUT2D eigenvalue weighted by Crippen LogP contribution is 2.17. The molecule has 146 valence electrons. The molecule has 0 aliphatic carbocycles. The van der Waals surface area contributed by atoms with E-state index >= 15 is 0 Å². The van der Waals surface area contributed by atoms with E-state index in [0.29, 0.717) is 5.75 Å². The molecule has 2 aromatic carbocycles. The lowest BCUT2D eigenvalue weighted by Gasteiger charge is -2.11. The van der Waals surface area contributed by atoms with E-state index in [1.54, 1.807) is 24.3 Å². The quantitative estimate of drug-likeness (QED) is 0.610. The van der Waals surface area contributed by atoms with Crippen LogP contribution in [-0.4, -0.2) is 34.0 Å². The number of hydrogen-bond acceptors (Lipinski definition) is 4. The molecule has 0 unspecified atom stereocenters. The molecule has 0 heterocycles. The van der Waals surface area contributed by atoms with Crippen molar-refractivity contribution in [1.29, 1.82) is 0 Å². The molecule has 27 heavy (non-hydrogen) atoms. The van der Waals surface area contributed by atoms with E-state index in [1.807, 2.05) is 38.1 Å². The van der Waals surface area contributed by atoms with Crippen molar-refractivity contribution in [3.05, 3.63) is 59.7 Å². The lowest BCUT2D eigenvalue weighted by atomic mass is 10.1. The molecular formula is C20H26N2O4S. The summed E-state index contributed by atoms with van der Waals surface area (Å²) >= 11 is 0. The van der Waals surface area contributed by atoms with Gasteiger partial charge in [0.15, 0.2) is 6.61 Å². The molecule has 0 spiro atoms. The molecule has 6 nitrogen and oxygen atoms in total. The van der Waals surface area contributed by atoms with Gasteiger partial charge in [0, 0.05) is 13.1 Å². The molecule has 0 saturated carbocycles. The maximum absolute atomic E-state index is 12.2. The van der Waals surface area contributed by atoms with Crippen LogP contribution in [0, 0.1) is 0 Å². The summed E-state index contributed by atoms with van der Waals surface area (Å²) in [5.41, 5.74) is 2.11. The molecule has 1 amide bonds. The zero-order valence-electron chi connectivity index (χ0n) is 15.7. The first-order valence-corrected chi connectivity index (χ1v) is 10.5. The van der Waals surface area contributed by atoms with Crippen LogP contribution in [0.15, 0.2) is 53.4 Å². The first-order chi connectivity index (χ1) is 13.0. The fourth-order valence-corrected chi connectivity index (χ4v) is 3.54. The topological polar surface area (TPSA) is 84.5 Å². The van der Waals surface area contributed by atoms with E-state index in [-0.39, 0.29) is 30.5 Å². The molecule has 0 radical (unpaired) electrons. The van der Waals surface area contributed by atoms with E-state index in [9.17, 15) is 13.2 Å². The summed E-state index contributed by atoms with van der Waals surface area (Å²) in [4.78, 5) is 12.1. The number of carbonyl (C=O) groups is 1. The van der Waals surface area contributed by atoms with Crippen molar-refractivity contribution in [3.63, 3.8) is 0 Å². The zero-order valence-corrected chi connectivity index (χ0v) is 16.5. The number of benzene rings is 2. The smallest absolute Gasteiger partial charge is 0.257 e. The van der Waals surface area contributed by atoms with Gasteiger partial charge in [-0.15, -0.1) is 0 Å². The van der Waals surface area contributed by atoms with Crippen LogP contribution in [0.3, 0.4) is 0 Å². The summed E-state index contributed by atoms with van der Waals surface area (Å²) in [6.45, 7) is 4.21. The standard InChI is InChI=1S/C20H26N2O4S/c1-3-16-9-11-18(12-10-16)27(24,25)22-14-13-21-20(23)15-26-19-8-6-5-7-17(19)4-2/h5-12,22H,3-4,13-15H2,1-2H3,(H,21,23). The van der Waals surface area contributed by atoms with Crippen molar-refractivity contribution in [1.82, 2.24) is 10.0 Å². The summed E-state index contributed by atoms with van der Waals surface area (Å²) < 4.78 is 32.4. The van der Waals surface area contributed by atoms with E-state index in [0.717, 1.165) is 24.0 Å². The normalized spacial score (nSPS) is 11.2. The van der Waals surface area contributed by atoms with E-state index in [1.165, 1.54) is 0 Å². The van der Waals surface area contributed by atoms with Gasteiger partial charge in [0.25, 0.3) is 5.91 Å². The Labute approximate surface area is 161 Å². The van der Waals surface area contributed by atoms with Crippen LogP contribution >= 0.6 is 0 Å². The third kappa shape index (κ3) is 6.37. The summed E-state index contributed by atoms with van der Waals surface area (Å²) in [6.07, 6.45) is 1.67. The maximum Gasteiger partial charge on any atom is 0.257 e. The zero-order chi connectivity index (χ0) is 19.7. The molecule has 0 aliphatic rings. The average molecular weight is 391 g/mol. The largest absolute Gasteiger partial charge is 0.483 e. The fourth-order valence-electron chi connectivity index (χ4n) is 2.51. The molecule has 2 aromatic rings. The summed E-state index contributed by atoms with van der Waals surface area (Å²) in [5.74, 6) is 0.388. The Morgan fingerprint density at radius 3 is 2.33 bits per heavy atom. The Morgan fingerprint density at radius 2 is 1.67 bits per heavy atom. The summed E-state index contributed by atoms with van der Waals surface area (Å²) in [6, 6.07) is 14.3. The molecule has 0 saturated heterocycles. The monoisotopic (exact) mass is 390 g/mol. The van der Waals surface area contributed by atoms with Crippen LogP contribution in [0.5, 0.6) is 5.75 Å². The minimum Gasteiger partial charge on any atom is -0.483 e. The van der Waals surface area contributed by atoms with E-state index in [4.69, 9.17) is 4.74 Å². The molecule has 0 aliphatic heterocycles. The van der Waals surface area contributed by atoms with Crippen molar-refractivity contribution < 1.29 is 17.9 Å². The van der Waals surface area contributed by atoms with Crippen LogP contribution in [0.1, 0.15) is 25.0 Å². The third-order valence-corrected chi connectivity index (χ3v) is 5.57. The molecular weight excluding hydrogens is 364 g/mol. The second-order valence-corrected chi connectivity index (χ2v) is 7.76. The van der Waals surface area contributed by atoms with Crippen LogP contribution in [0.25, 0.3) is 0 Å². The minimum absolute atomic E-state index is 0.106. The number of hydrogen-bond donors (Lipinski definition) is 2. The van der Waals surface area contributed by atoms with Crippen molar-refractivity contribution >= 4 is 15.9 Å². The lowest BCUT2D eigenvalue weighted by Crippen LogP contribution is -2.36. The predicted molar refractivity (Wildman–Crippen MR) is 105 cm³/mol. The van der Waals surface area contributed by atoms with Gasteiger partial charge in [-0.05, 0) is 42.2 Å². The highest BCUT2D eigenvalue weighted by molar-refractivity contribution is 7.89. The number of aryl methyl sites for hydroxylation is 2. The van der Waals surface area contributed by atoms with Gasteiger partial charge in [0.2, 0.25) is 10.0 Å². The van der Waals surface area contributed by atoms with Gasteiger partial charge in [0.1, 0.15) is 5.75 Å². The van der Waals surface area contributed by atoms with Gasteiger partial charge < -0.3 is 10.1 Å². The molecule has 0 aromatic heterocycles. The van der Waals surface area contributed by atoms with Gasteiger partial charge in [-0.1, -0.05) is 44.2 Å². The predicted octanol–water partition coefficient (Wildman–Crippen LogP) is 2.28. The van der Waals surface area contributed by atoms with Gasteiger partial charge >= 0.3 is 0 Å². The molecule has 2 rings (SSSR count). The highest BCUT2D eigenvalue weighted by atomic mass is 32.2. The number of nitrogens with one attached hydrogen (secondary N) is 2. The van der Waals surface area contributed by atoms with Crippen molar-refractivity contribution in [3.8, 4) is 5.75 Å². The van der Waals surface area contributed by atoms with E-state index in [2.05, 4.69) is 10.0 Å². The number of amides is 1. The number of sulfonamides is 1. The van der Waals surface area contributed by atoms with Crippen LogP contribution in [0.2, 0.25) is 0 Å². The van der Waals surface area contributed by atoms with Crippen molar-refractivity contribution in [2.75, 3.05) is 19.7 Å².